The molecule has 5 heteroatoms. The molecule has 0 radical (unpaired) electrons. The van der Waals surface area contributed by atoms with Crippen LogP contribution in [0.1, 0.15) is 6.04 Å². The monoisotopic (exact) mass is 190 g/mol. The highest BCUT2D eigenvalue weighted by molar-refractivity contribution is 5.70. The second-order valence-electron chi connectivity index (χ2n) is 3.49. The molecule has 0 amide bonds. The number of hydrogen-bond acceptors (Lipinski definition) is 3. The van der Waals surface area contributed by atoms with Crippen LogP contribution in [0.2, 0.25) is 0 Å². The molecule has 2 aromatic rings. The standard InChI is InChI=1S/C9H10N4O/c14-9-12-7-2-1-3-11-8(7)13(9)6-4-10-5-6/h1-3,6,10H,4-5H2,(H,12,14). The van der Waals surface area contributed by atoms with Crippen LogP contribution in [0, 0.1) is 0 Å². The molecule has 1 aliphatic rings. The van der Waals surface area contributed by atoms with E-state index in [9.17, 15) is 4.79 Å². The summed E-state index contributed by atoms with van der Waals surface area (Å²) in [6, 6.07) is 3.94. The largest absolute Gasteiger partial charge is 0.328 e. The first-order chi connectivity index (χ1) is 6.86. The summed E-state index contributed by atoms with van der Waals surface area (Å²) in [5.74, 6) is 0. The fourth-order valence-corrected chi connectivity index (χ4v) is 1.75. The SMILES string of the molecule is O=c1[nH]c2cccnc2n1C1CNC1. The molecule has 0 spiro atoms. The van der Waals surface area contributed by atoms with E-state index in [1.807, 2.05) is 12.1 Å². The molecule has 0 bridgehead atoms. The minimum Gasteiger partial charge on any atom is -0.313 e. The molecule has 2 aromatic heterocycles. The van der Waals surface area contributed by atoms with Crippen molar-refractivity contribution in [1.29, 1.82) is 0 Å². The van der Waals surface area contributed by atoms with Crippen molar-refractivity contribution in [2.75, 3.05) is 13.1 Å². The zero-order valence-electron chi connectivity index (χ0n) is 7.53. The van der Waals surface area contributed by atoms with Crippen LogP contribution in [0.25, 0.3) is 11.2 Å². The molecule has 0 atom stereocenters. The van der Waals surface area contributed by atoms with Crippen molar-refractivity contribution in [1.82, 2.24) is 19.9 Å². The highest BCUT2D eigenvalue weighted by atomic mass is 16.1. The predicted octanol–water partition coefficient (Wildman–Crippen LogP) is -0.131. The van der Waals surface area contributed by atoms with Gasteiger partial charge in [-0.05, 0) is 12.1 Å². The Morgan fingerprint density at radius 3 is 3.07 bits per heavy atom. The van der Waals surface area contributed by atoms with E-state index < -0.39 is 0 Å². The Hall–Kier alpha value is -1.62. The summed E-state index contributed by atoms with van der Waals surface area (Å²) < 4.78 is 1.73. The van der Waals surface area contributed by atoms with Crippen LogP contribution in [0.15, 0.2) is 23.1 Å². The van der Waals surface area contributed by atoms with Gasteiger partial charge in [0, 0.05) is 19.3 Å². The fourth-order valence-electron chi connectivity index (χ4n) is 1.75. The summed E-state index contributed by atoms with van der Waals surface area (Å²) in [6.07, 6.45) is 1.71. The van der Waals surface area contributed by atoms with Gasteiger partial charge < -0.3 is 10.3 Å². The van der Waals surface area contributed by atoms with E-state index in [0.717, 1.165) is 24.3 Å². The molecule has 0 aliphatic carbocycles. The average molecular weight is 190 g/mol. The first-order valence-corrected chi connectivity index (χ1v) is 4.62. The third kappa shape index (κ3) is 0.927. The second kappa shape index (κ2) is 2.68. The number of nitrogens with zero attached hydrogens (tertiary/aromatic N) is 2. The van der Waals surface area contributed by atoms with Crippen LogP contribution in [0.3, 0.4) is 0 Å². The lowest BCUT2D eigenvalue weighted by Gasteiger charge is -2.27. The third-order valence-corrected chi connectivity index (χ3v) is 2.60. The van der Waals surface area contributed by atoms with Crippen LogP contribution in [0.5, 0.6) is 0 Å². The lowest BCUT2D eigenvalue weighted by molar-refractivity contribution is 0.343. The highest BCUT2D eigenvalue weighted by Crippen LogP contribution is 2.14. The van der Waals surface area contributed by atoms with Gasteiger partial charge in [-0.2, -0.15) is 0 Å². The Balaban J connectivity index is 2.29. The number of nitrogens with one attached hydrogen (secondary N) is 2. The van der Waals surface area contributed by atoms with Crippen LogP contribution >= 0.6 is 0 Å². The van der Waals surface area contributed by atoms with Gasteiger partial charge in [0.05, 0.1) is 11.6 Å². The van der Waals surface area contributed by atoms with Gasteiger partial charge in [-0.15, -0.1) is 0 Å². The molecule has 72 valence electrons. The van der Waals surface area contributed by atoms with Crippen molar-refractivity contribution < 1.29 is 0 Å². The summed E-state index contributed by atoms with van der Waals surface area (Å²) in [5, 5.41) is 3.14. The summed E-state index contributed by atoms with van der Waals surface area (Å²) in [4.78, 5) is 18.6. The van der Waals surface area contributed by atoms with Gasteiger partial charge in [0.2, 0.25) is 0 Å². The van der Waals surface area contributed by atoms with E-state index in [2.05, 4.69) is 15.3 Å². The summed E-state index contributed by atoms with van der Waals surface area (Å²) in [5.41, 5.74) is 1.50. The lowest BCUT2D eigenvalue weighted by atomic mass is 10.2. The van der Waals surface area contributed by atoms with E-state index in [1.54, 1.807) is 10.8 Å². The third-order valence-electron chi connectivity index (χ3n) is 2.60. The smallest absolute Gasteiger partial charge is 0.313 e. The van der Waals surface area contributed by atoms with Crippen LogP contribution in [-0.4, -0.2) is 27.6 Å². The van der Waals surface area contributed by atoms with Crippen molar-refractivity contribution >= 4 is 11.2 Å². The van der Waals surface area contributed by atoms with E-state index in [4.69, 9.17) is 0 Å². The molecule has 14 heavy (non-hydrogen) atoms. The van der Waals surface area contributed by atoms with Gasteiger partial charge in [0.1, 0.15) is 0 Å². The van der Waals surface area contributed by atoms with Gasteiger partial charge >= 0.3 is 5.69 Å². The van der Waals surface area contributed by atoms with Crippen molar-refractivity contribution in [3.63, 3.8) is 0 Å². The van der Waals surface area contributed by atoms with Crippen molar-refractivity contribution in [3.05, 3.63) is 28.8 Å². The van der Waals surface area contributed by atoms with E-state index in [1.165, 1.54) is 0 Å². The van der Waals surface area contributed by atoms with Gasteiger partial charge in [-0.25, -0.2) is 9.78 Å². The molecule has 0 unspecified atom stereocenters. The molecular formula is C9H10N4O. The minimum atomic E-state index is -0.0646. The summed E-state index contributed by atoms with van der Waals surface area (Å²) in [7, 11) is 0. The van der Waals surface area contributed by atoms with E-state index >= 15 is 0 Å². The summed E-state index contributed by atoms with van der Waals surface area (Å²) in [6.45, 7) is 1.70. The maximum absolute atomic E-state index is 11.6. The molecular weight excluding hydrogens is 180 g/mol. The molecule has 1 saturated heterocycles. The second-order valence-corrected chi connectivity index (χ2v) is 3.49. The highest BCUT2D eigenvalue weighted by Gasteiger charge is 2.23. The number of imidazole rings is 1. The van der Waals surface area contributed by atoms with Gasteiger partial charge in [0.15, 0.2) is 5.65 Å². The number of fused-ring (bicyclic) bond motifs is 1. The number of aromatic nitrogens is 3. The Labute approximate surface area is 79.8 Å². The Kier molecular flexibility index (Phi) is 1.49. The predicted molar refractivity (Wildman–Crippen MR) is 52.3 cm³/mol. The fraction of sp³-hybridized carbons (Fsp3) is 0.333. The Morgan fingerprint density at radius 2 is 2.36 bits per heavy atom. The Morgan fingerprint density at radius 1 is 1.50 bits per heavy atom. The Bertz CT molecular complexity index is 523. The first kappa shape index (κ1) is 7.75. The number of pyridine rings is 1. The maximum Gasteiger partial charge on any atom is 0.328 e. The van der Waals surface area contributed by atoms with Crippen molar-refractivity contribution in [2.45, 2.75) is 6.04 Å². The topological polar surface area (TPSA) is 62.7 Å². The zero-order valence-corrected chi connectivity index (χ0v) is 7.53. The first-order valence-electron chi connectivity index (χ1n) is 4.62. The minimum absolute atomic E-state index is 0.0646. The number of hydrogen-bond donors (Lipinski definition) is 2. The molecule has 0 saturated carbocycles. The maximum atomic E-state index is 11.6. The molecule has 3 heterocycles. The summed E-state index contributed by atoms with van der Waals surface area (Å²) >= 11 is 0. The average Bonchev–Trinajstić information content (AvgIpc) is 2.41. The zero-order chi connectivity index (χ0) is 9.54. The van der Waals surface area contributed by atoms with Crippen molar-refractivity contribution in [2.24, 2.45) is 0 Å². The molecule has 1 aliphatic heterocycles. The molecule has 0 aromatic carbocycles. The number of rotatable bonds is 1. The number of aromatic amines is 1. The van der Waals surface area contributed by atoms with E-state index in [0.29, 0.717) is 0 Å². The molecule has 5 nitrogen and oxygen atoms in total. The van der Waals surface area contributed by atoms with Gasteiger partial charge in [-0.1, -0.05) is 0 Å². The number of H-pyrrole nitrogens is 1. The van der Waals surface area contributed by atoms with Gasteiger partial charge in [-0.3, -0.25) is 4.57 Å². The van der Waals surface area contributed by atoms with Crippen LogP contribution < -0.4 is 11.0 Å². The molecule has 3 rings (SSSR count). The van der Waals surface area contributed by atoms with Crippen molar-refractivity contribution in [3.8, 4) is 0 Å². The molecule has 2 N–H and O–H groups in total. The van der Waals surface area contributed by atoms with Crippen LogP contribution in [0.4, 0.5) is 0 Å². The lowest BCUT2D eigenvalue weighted by Crippen LogP contribution is -2.46. The quantitative estimate of drug-likeness (QED) is 0.658. The van der Waals surface area contributed by atoms with E-state index in [-0.39, 0.29) is 11.7 Å². The normalized spacial score (nSPS) is 17.1. The molecule has 1 fully saturated rings. The van der Waals surface area contributed by atoms with Crippen LogP contribution in [-0.2, 0) is 0 Å². The van der Waals surface area contributed by atoms with Gasteiger partial charge in [0.25, 0.3) is 0 Å².